The molecule has 1 atom stereocenters. The molecule has 504 valence electrons. The van der Waals surface area contributed by atoms with E-state index >= 15 is 0 Å². The van der Waals surface area contributed by atoms with E-state index < -0.39 is 5.41 Å². The van der Waals surface area contributed by atoms with Crippen molar-refractivity contribution in [1.82, 2.24) is 0 Å². The Kier molecular flexibility index (Phi) is 66.1. The molecule has 0 aliphatic rings. The van der Waals surface area contributed by atoms with Crippen LogP contribution in [0.15, 0.2) is 0 Å². The Morgan fingerprint density at radius 1 is 0.235 bits per heavy atom. The highest BCUT2D eigenvalue weighted by molar-refractivity contribution is 5.72. The fraction of sp³-hybridized carbons (Fsp3) is 0.948. The van der Waals surface area contributed by atoms with Gasteiger partial charge in [-0.3, -0.25) is 19.2 Å². The van der Waals surface area contributed by atoms with Gasteiger partial charge in [-0.2, -0.15) is 0 Å². The Morgan fingerprint density at radius 2 is 0.400 bits per heavy atom. The van der Waals surface area contributed by atoms with Crippen LogP contribution in [0.2, 0.25) is 0 Å². The summed E-state index contributed by atoms with van der Waals surface area (Å²) in [6.45, 7) is 10.4. The van der Waals surface area contributed by atoms with Gasteiger partial charge in [0.15, 0.2) is 0 Å². The average Bonchev–Trinajstić information content (AvgIpc) is 3.51. The largest absolute Gasteiger partial charge is 0.465 e. The van der Waals surface area contributed by atoms with Crippen LogP contribution in [0, 0.1) is 11.3 Å². The number of carbonyl (C=O) groups excluding carboxylic acids is 4. The lowest BCUT2D eigenvalue weighted by Crippen LogP contribution is -2.44. The Balaban J connectivity index is 5.50. The second kappa shape index (κ2) is 67.8. The molecule has 0 heterocycles. The van der Waals surface area contributed by atoms with E-state index in [4.69, 9.17) is 18.9 Å². The second-order valence-corrected chi connectivity index (χ2v) is 27.1. The van der Waals surface area contributed by atoms with Crippen molar-refractivity contribution in [2.24, 2.45) is 11.3 Å². The minimum atomic E-state index is -1.22. The Hall–Kier alpha value is -2.12. The highest BCUT2D eigenvalue weighted by Gasteiger charge is 2.38. The summed E-state index contributed by atoms with van der Waals surface area (Å²) in [5, 5.41) is 0. The van der Waals surface area contributed by atoms with E-state index in [1.165, 1.54) is 302 Å². The minimum Gasteiger partial charge on any atom is -0.465 e. The summed E-state index contributed by atoms with van der Waals surface area (Å²) in [6, 6.07) is 0. The standard InChI is InChI=1S/C77H148O8/c1-6-10-14-18-22-26-30-34-37-41-45-49-53-57-61-65-73(78)82-68-77(69-83-74(79)66-62-58-54-50-46-42-38-35-31-27-23-19-15-11-7-2,70-84-75(80)67-63-59-55-51-47-43-39-36-32-28-24-20-16-12-8-3)71-85-76(81)72(5)64-60-56-52-48-44-40-33-29-25-21-17-13-9-4/h72H,6-71H2,1-5H3. The van der Waals surface area contributed by atoms with Gasteiger partial charge >= 0.3 is 23.9 Å². The van der Waals surface area contributed by atoms with Crippen molar-refractivity contribution in [3.8, 4) is 0 Å². The summed E-state index contributed by atoms with van der Waals surface area (Å²) in [5.74, 6) is -1.60. The molecule has 0 N–H and O–H groups in total. The molecule has 1 unspecified atom stereocenters. The lowest BCUT2D eigenvalue weighted by molar-refractivity contribution is -0.172. The highest BCUT2D eigenvalue weighted by Crippen LogP contribution is 2.26. The van der Waals surface area contributed by atoms with E-state index in [9.17, 15) is 19.2 Å². The van der Waals surface area contributed by atoms with Gasteiger partial charge < -0.3 is 18.9 Å². The van der Waals surface area contributed by atoms with Gasteiger partial charge in [0.2, 0.25) is 0 Å². The van der Waals surface area contributed by atoms with Gasteiger partial charge in [0.25, 0.3) is 0 Å². The average molecular weight is 1200 g/mol. The third kappa shape index (κ3) is 61.9. The molecule has 0 aromatic carbocycles. The molecule has 0 aliphatic carbocycles. The van der Waals surface area contributed by atoms with Crippen molar-refractivity contribution >= 4 is 23.9 Å². The molecule has 0 radical (unpaired) electrons. The molecule has 0 spiro atoms. The third-order valence-corrected chi connectivity index (χ3v) is 18.2. The van der Waals surface area contributed by atoms with Gasteiger partial charge in [-0.05, 0) is 25.7 Å². The summed E-state index contributed by atoms with van der Waals surface area (Å²) in [6.07, 6.45) is 74.6. The predicted octanol–water partition coefficient (Wildman–Crippen LogP) is 25.0. The van der Waals surface area contributed by atoms with Crippen LogP contribution in [0.1, 0.15) is 433 Å². The van der Waals surface area contributed by atoms with Gasteiger partial charge in [0, 0.05) is 19.3 Å². The molecule has 8 nitrogen and oxygen atoms in total. The first-order chi connectivity index (χ1) is 41.7. The van der Waals surface area contributed by atoms with Gasteiger partial charge in [-0.15, -0.1) is 0 Å². The molecule has 0 saturated carbocycles. The first-order valence-corrected chi connectivity index (χ1v) is 38.4. The van der Waals surface area contributed by atoms with Crippen molar-refractivity contribution in [3.05, 3.63) is 0 Å². The maximum atomic E-state index is 13.7. The summed E-state index contributed by atoms with van der Waals surface area (Å²) in [7, 11) is 0. The number of carbonyl (C=O) groups is 4. The summed E-state index contributed by atoms with van der Waals surface area (Å²) in [5.41, 5.74) is -1.22. The first-order valence-electron chi connectivity index (χ1n) is 38.4. The van der Waals surface area contributed by atoms with Crippen molar-refractivity contribution < 1.29 is 38.1 Å². The number of rotatable bonds is 71. The fourth-order valence-corrected chi connectivity index (χ4v) is 12.0. The van der Waals surface area contributed by atoms with Crippen LogP contribution in [0.25, 0.3) is 0 Å². The molecule has 8 heteroatoms. The van der Waals surface area contributed by atoms with Crippen LogP contribution in [0.4, 0.5) is 0 Å². The van der Waals surface area contributed by atoms with Gasteiger partial charge in [-0.1, -0.05) is 388 Å². The van der Waals surface area contributed by atoms with Gasteiger partial charge in [0.1, 0.15) is 31.8 Å². The summed E-state index contributed by atoms with van der Waals surface area (Å²) in [4.78, 5) is 54.0. The van der Waals surface area contributed by atoms with Crippen LogP contribution in [-0.4, -0.2) is 50.3 Å². The molecule has 0 fully saturated rings. The first kappa shape index (κ1) is 82.9. The van der Waals surface area contributed by atoms with E-state index in [0.717, 1.165) is 77.0 Å². The van der Waals surface area contributed by atoms with Crippen molar-refractivity contribution in [3.63, 3.8) is 0 Å². The molecule has 0 aliphatic heterocycles. The topological polar surface area (TPSA) is 105 Å². The lowest BCUT2D eigenvalue weighted by Gasteiger charge is -2.32. The van der Waals surface area contributed by atoms with Crippen molar-refractivity contribution in [2.75, 3.05) is 26.4 Å². The highest BCUT2D eigenvalue weighted by atomic mass is 16.6. The lowest BCUT2D eigenvalue weighted by atomic mass is 9.91. The van der Waals surface area contributed by atoms with Crippen LogP contribution in [-0.2, 0) is 38.1 Å². The van der Waals surface area contributed by atoms with E-state index in [1.54, 1.807) is 0 Å². The van der Waals surface area contributed by atoms with Gasteiger partial charge in [0.05, 0.1) is 5.92 Å². The Labute approximate surface area is 530 Å². The zero-order chi connectivity index (χ0) is 61.9. The molecule has 0 rings (SSSR count). The third-order valence-electron chi connectivity index (χ3n) is 18.2. The molecule has 0 aromatic heterocycles. The van der Waals surface area contributed by atoms with Crippen molar-refractivity contribution in [1.29, 1.82) is 0 Å². The van der Waals surface area contributed by atoms with E-state index in [-0.39, 0.29) is 56.2 Å². The van der Waals surface area contributed by atoms with Crippen LogP contribution < -0.4 is 0 Å². The van der Waals surface area contributed by atoms with E-state index in [2.05, 4.69) is 27.7 Å². The predicted molar refractivity (Wildman–Crippen MR) is 364 cm³/mol. The maximum Gasteiger partial charge on any atom is 0.308 e. The molecular formula is C77H148O8. The summed E-state index contributed by atoms with van der Waals surface area (Å²) >= 11 is 0. The summed E-state index contributed by atoms with van der Waals surface area (Å²) < 4.78 is 24.1. The smallest absolute Gasteiger partial charge is 0.308 e. The number of esters is 4. The minimum absolute atomic E-state index is 0.163. The zero-order valence-electron chi connectivity index (χ0n) is 58.0. The maximum absolute atomic E-state index is 13.7. The number of ether oxygens (including phenoxy) is 4. The van der Waals surface area contributed by atoms with Gasteiger partial charge in [-0.25, -0.2) is 0 Å². The molecular weight excluding hydrogens is 1050 g/mol. The Morgan fingerprint density at radius 3 is 0.600 bits per heavy atom. The molecule has 0 saturated heterocycles. The number of hydrogen-bond donors (Lipinski definition) is 0. The molecule has 0 bridgehead atoms. The normalized spacial score (nSPS) is 12.0. The van der Waals surface area contributed by atoms with E-state index in [1.807, 2.05) is 6.92 Å². The fourth-order valence-electron chi connectivity index (χ4n) is 12.0. The Bertz CT molecular complexity index is 1280. The molecule has 0 aromatic rings. The molecule has 85 heavy (non-hydrogen) atoms. The van der Waals surface area contributed by atoms with Crippen molar-refractivity contribution in [2.45, 2.75) is 433 Å². The second-order valence-electron chi connectivity index (χ2n) is 27.1. The van der Waals surface area contributed by atoms with Crippen LogP contribution in [0.3, 0.4) is 0 Å². The van der Waals surface area contributed by atoms with Crippen LogP contribution >= 0.6 is 0 Å². The SMILES string of the molecule is CCCCCCCCCCCCCCCCCC(=O)OCC(COC(=O)CCCCCCCCCCCCCCCCC)(COC(=O)CCCCCCCCCCCCCCCCC)COC(=O)C(C)CCCCCCCCCCCCCCC. The molecule has 0 amide bonds. The zero-order valence-corrected chi connectivity index (χ0v) is 58.0. The number of unbranched alkanes of at least 4 members (excludes halogenated alkanes) is 54. The monoisotopic (exact) mass is 1200 g/mol. The quantitative estimate of drug-likeness (QED) is 0.0337. The number of hydrogen-bond acceptors (Lipinski definition) is 8. The van der Waals surface area contributed by atoms with E-state index in [0.29, 0.717) is 19.3 Å². The van der Waals surface area contributed by atoms with Crippen LogP contribution in [0.5, 0.6) is 0 Å².